The van der Waals surface area contributed by atoms with E-state index in [1.807, 2.05) is 12.1 Å². The summed E-state index contributed by atoms with van der Waals surface area (Å²) in [5.74, 6) is 2.31. The molecule has 1 atom stereocenters. The maximum atomic E-state index is 5.77. The summed E-state index contributed by atoms with van der Waals surface area (Å²) in [5.41, 5.74) is 1.21. The minimum absolute atomic E-state index is 0.316. The van der Waals surface area contributed by atoms with Gasteiger partial charge in [-0.2, -0.15) is 0 Å². The van der Waals surface area contributed by atoms with Gasteiger partial charge in [-0.3, -0.25) is 0 Å². The molecule has 0 aromatic heterocycles. The highest BCUT2D eigenvalue weighted by Gasteiger charge is 2.23. The van der Waals surface area contributed by atoms with E-state index in [1.54, 1.807) is 0 Å². The van der Waals surface area contributed by atoms with E-state index in [0.29, 0.717) is 25.2 Å². The van der Waals surface area contributed by atoms with Gasteiger partial charge >= 0.3 is 0 Å². The molecule has 3 heteroatoms. The molecule has 1 aromatic carbocycles. The molecule has 0 amide bonds. The zero-order valence-electron chi connectivity index (χ0n) is 10.8. The summed E-state index contributed by atoms with van der Waals surface area (Å²) < 4.78 is 11.4. The summed E-state index contributed by atoms with van der Waals surface area (Å²) >= 11 is 0. The summed E-state index contributed by atoms with van der Waals surface area (Å²) in [6.07, 6.45) is 0. The summed E-state index contributed by atoms with van der Waals surface area (Å²) in [7, 11) is 0. The molecule has 1 heterocycles. The van der Waals surface area contributed by atoms with Crippen LogP contribution in [0.2, 0.25) is 0 Å². The molecule has 0 saturated carbocycles. The molecule has 0 saturated heterocycles. The van der Waals surface area contributed by atoms with Crippen LogP contribution < -0.4 is 14.8 Å². The molecular formula is C14H21NO2. The number of ether oxygens (including phenoxy) is 2. The Bertz CT molecular complexity index is 376. The largest absolute Gasteiger partial charge is 0.486 e. The molecular weight excluding hydrogens is 214 g/mol. The Morgan fingerprint density at radius 2 is 2.00 bits per heavy atom. The van der Waals surface area contributed by atoms with Gasteiger partial charge in [-0.1, -0.05) is 32.9 Å². The second-order valence-electron chi connectivity index (χ2n) is 4.65. The van der Waals surface area contributed by atoms with Gasteiger partial charge in [0.1, 0.15) is 13.2 Å². The van der Waals surface area contributed by atoms with Crippen LogP contribution in [0.15, 0.2) is 18.2 Å². The topological polar surface area (TPSA) is 30.5 Å². The van der Waals surface area contributed by atoms with Crippen molar-refractivity contribution < 1.29 is 9.47 Å². The van der Waals surface area contributed by atoms with E-state index in [4.69, 9.17) is 9.47 Å². The highest BCUT2D eigenvalue weighted by atomic mass is 16.6. The Labute approximate surface area is 103 Å². The van der Waals surface area contributed by atoms with Gasteiger partial charge < -0.3 is 14.8 Å². The second-order valence-corrected chi connectivity index (χ2v) is 4.65. The number of fused-ring (bicyclic) bond motifs is 1. The highest BCUT2D eigenvalue weighted by Crippen LogP contribution is 2.38. The van der Waals surface area contributed by atoms with Crippen LogP contribution in [0, 0.1) is 5.92 Å². The number of para-hydroxylation sites is 1. The Morgan fingerprint density at radius 3 is 2.71 bits per heavy atom. The third-order valence-electron chi connectivity index (χ3n) is 3.02. The Morgan fingerprint density at radius 1 is 1.24 bits per heavy atom. The molecule has 94 valence electrons. The average molecular weight is 235 g/mol. The van der Waals surface area contributed by atoms with Crippen LogP contribution in [0.3, 0.4) is 0 Å². The van der Waals surface area contributed by atoms with Crippen LogP contribution in [0.5, 0.6) is 11.5 Å². The molecule has 3 nitrogen and oxygen atoms in total. The van der Waals surface area contributed by atoms with E-state index in [0.717, 1.165) is 18.0 Å². The molecule has 1 aliphatic heterocycles. The second kappa shape index (κ2) is 5.41. The lowest BCUT2D eigenvalue weighted by Crippen LogP contribution is -2.27. The average Bonchev–Trinajstić information content (AvgIpc) is 2.35. The Balaban J connectivity index is 2.35. The summed E-state index contributed by atoms with van der Waals surface area (Å²) in [6.45, 7) is 8.80. The third-order valence-corrected chi connectivity index (χ3v) is 3.02. The summed E-state index contributed by atoms with van der Waals surface area (Å²) in [6, 6.07) is 6.45. The van der Waals surface area contributed by atoms with E-state index in [1.165, 1.54) is 5.56 Å². The predicted molar refractivity (Wildman–Crippen MR) is 68.7 cm³/mol. The number of rotatable bonds is 4. The van der Waals surface area contributed by atoms with Crippen molar-refractivity contribution in [2.24, 2.45) is 5.92 Å². The van der Waals surface area contributed by atoms with E-state index >= 15 is 0 Å². The maximum Gasteiger partial charge on any atom is 0.166 e. The normalized spacial score (nSPS) is 16.0. The van der Waals surface area contributed by atoms with Crippen LogP contribution >= 0.6 is 0 Å². The Hall–Kier alpha value is -1.22. The van der Waals surface area contributed by atoms with Gasteiger partial charge in [0.25, 0.3) is 0 Å². The zero-order chi connectivity index (χ0) is 12.3. The van der Waals surface area contributed by atoms with Crippen molar-refractivity contribution in [3.8, 4) is 11.5 Å². The molecule has 1 aromatic rings. The number of hydrogen-bond acceptors (Lipinski definition) is 3. The van der Waals surface area contributed by atoms with E-state index in [-0.39, 0.29) is 0 Å². The van der Waals surface area contributed by atoms with Gasteiger partial charge in [0.15, 0.2) is 11.5 Å². The minimum atomic E-state index is 0.316. The third kappa shape index (κ3) is 2.55. The first-order valence-electron chi connectivity index (χ1n) is 6.36. The maximum absolute atomic E-state index is 5.77. The monoisotopic (exact) mass is 235 g/mol. The fourth-order valence-corrected chi connectivity index (χ4v) is 2.27. The number of benzene rings is 1. The fourth-order valence-electron chi connectivity index (χ4n) is 2.27. The van der Waals surface area contributed by atoms with Gasteiger partial charge in [0.05, 0.1) is 0 Å². The van der Waals surface area contributed by atoms with Crippen molar-refractivity contribution in [2.45, 2.75) is 26.8 Å². The first-order valence-corrected chi connectivity index (χ1v) is 6.36. The van der Waals surface area contributed by atoms with Gasteiger partial charge in [0, 0.05) is 11.6 Å². The van der Waals surface area contributed by atoms with Gasteiger partial charge in [-0.15, -0.1) is 0 Å². The highest BCUT2D eigenvalue weighted by molar-refractivity contribution is 5.49. The van der Waals surface area contributed by atoms with Crippen LogP contribution in [0.25, 0.3) is 0 Å². The predicted octanol–water partition coefficient (Wildman–Crippen LogP) is 2.76. The van der Waals surface area contributed by atoms with Gasteiger partial charge in [0.2, 0.25) is 0 Å². The molecule has 0 bridgehead atoms. The molecule has 1 N–H and O–H groups in total. The van der Waals surface area contributed by atoms with Crippen LogP contribution in [-0.2, 0) is 0 Å². The van der Waals surface area contributed by atoms with Crippen molar-refractivity contribution in [3.63, 3.8) is 0 Å². The molecule has 1 unspecified atom stereocenters. The quantitative estimate of drug-likeness (QED) is 0.870. The lowest BCUT2D eigenvalue weighted by molar-refractivity contribution is 0.167. The molecule has 0 radical (unpaired) electrons. The SMILES string of the molecule is CCNC(c1cccc2c1OCCO2)C(C)C. The molecule has 0 aliphatic carbocycles. The van der Waals surface area contributed by atoms with Crippen LogP contribution in [0.1, 0.15) is 32.4 Å². The van der Waals surface area contributed by atoms with Crippen molar-refractivity contribution in [1.29, 1.82) is 0 Å². The Kier molecular flexibility index (Phi) is 3.89. The first-order chi connectivity index (χ1) is 8.24. The van der Waals surface area contributed by atoms with Crippen molar-refractivity contribution >= 4 is 0 Å². The number of hydrogen-bond donors (Lipinski definition) is 1. The van der Waals surface area contributed by atoms with E-state index in [2.05, 4.69) is 32.2 Å². The van der Waals surface area contributed by atoms with Crippen molar-refractivity contribution in [2.75, 3.05) is 19.8 Å². The van der Waals surface area contributed by atoms with Crippen LogP contribution in [-0.4, -0.2) is 19.8 Å². The lowest BCUT2D eigenvalue weighted by atomic mass is 9.94. The fraction of sp³-hybridized carbons (Fsp3) is 0.571. The standard InChI is InChI=1S/C14H21NO2/c1-4-15-13(10(2)3)11-6-5-7-12-14(11)17-9-8-16-12/h5-7,10,13,15H,4,8-9H2,1-3H3. The van der Waals surface area contributed by atoms with E-state index < -0.39 is 0 Å². The number of nitrogens with one attached hydrogen (secondary N) is 1. The van der Waals surface area contributed by atoms with Gasteiger partial charge in [-0.25, -0.2) is 0 Å². The van der Waals surface area contributed by atoms with Crippen LogP contribution in [0.4, 0.5) is 0 Å². The van der Waals surface area contributed by atoms with Gasteiger partial charge in [-0.05, 0) is 18.5 Å². The molecule has 1 aliphatic rings. The van der Waals surface area contributed by atoms with Crippen molar-refractivity contribution in [3.05, 3.63) is 23.8 Å². The van der Waals surface area contributed by atoms with Crippen molar-refractivity contribution in [1.82, 2.24) is 5.32 Å². The molecule has 17 heavy (non-hydrogen) atoms. The molecule has 0 fully saturated rings. The smallest absolute Gasteiger partial charge is 0.166 e. The minimum Gasteiger partial charge on any atom is -0.486 e. The lowest BCUT2D eigenvalue weighted by Gasteiger charge is -2.27. The summed E-state index contributed by atoms with van der Waals surface area (Å²) in [5, 5.41) is 3.51. The molecule has 0 spiro atoms. The zero-order valence-corrected chi connectivity index (χ0v) is 10.8. The summed E-state index contributed by atoms with van der Waals surface area (Å²) in [4.78, 5) is 0. The molecule has 2 rings (SSSR count). The first kappa shape index (κ1) is 12.2. The van der Waals surface area contributed by atoms with E-state index in [9.17, 15) is 0 Å².